The first-order valence-corrected chi connectivity index (χ1v) is 8.50. The summed E-state index contributed by atoms with van der Waals surface area (Å²) >= 11 is 0. The van der Waals surface area contributed by atoms with Crippen LogP contribution in [-0.2, 0) is 25.7 Å². The summed E-state index contributed by atoms with van der Waals surface area (Å²) in [5, 5.41) is 2.72. The number of benzene rings is 1. The fourth-order valence-corrected chi connectivity index (χ4v) is 2.84. The highest BCUT2D eigenvalue weighted by Gasteiger charge is 2.33. The van der Waals surface area contributed by atoms with Crippen molar-refractivity contribution in [3.8, 4) is 5.75 Å². The normalized spacial score (nSPS) is 17.2. The van der Waals surface area contributed by atoms with E-state index in [0.717, 1.165) is 0 Å². The van der Waals surface area contributed by atoms with Crippen molar-refractivity contribution >= 4 is 17.8 Å². The van der Waals surface area contributed by atoms with Gasteiger partial charge < -0.3 is 19.7 Å². The van der Waals surface area contributed by atoms with Crippen molar-refractivity contribution in [1.29, 1.82) is 0 Å². The number of hydrogen-bond donors (Lipinski definition) is 1. The molecule has 0 unspecified atom stereocenters. The molecular weight excluding hydrogens is 357 g/mol. The highest BCUT2D eigenvalue weighted by Crippen LogP contribution is 2.20. The maximum atomic E-state index is 14.3. The number of ether oxygens (including phenoxy) is 2. The van der Waals surface area contributed by atoms with Crippen LogP contribution >= 0.6 is 0 Å². The van der Waals surface area contributed by atoms with E-state index < -0.39 is 17.8 Å². The fourth-order valence-electron chi connectivity index (χ4n) is 2.84. The van der Waals surface area contributed by atoms with E-state index in [2.05, 4.69) is 10.1 Å². The number of esters is 1. The van der Waals surface area contributed by atoms with E-state index in [0.29, 0.717) is 24.4 Å². The summed E-state index contributed by atoms with van der Waals surface area (Å²) in [5.74, 6) is -1.24. The summed E-state index contributed by atoms with van der Waals surface area (Å²) in [5.41, 5.74) is 0.408. The third-order valence-corrected chi connectivity index (χ3v) is 4.46. The zero-order valence-electron chi connectivity index (χ0n) is 15.7. The van der Waals surface area contributed by atoms with Gasteiger partial charge in [0.25, 0.3) is 0 Å². The second-order valence-corrected chi connectivity index (χ2v) is 6.26. The SMILES string of the molecule is COC(=O)CN(C)C(=O)C[C@H]1C(=O)NCCN1Cc1ccc(OC)cc1F. The number of halogens is 1. The number of nitrogens with zero attached hydrogens (tertiary/aromatic N) is 2. The Balaban J connectivity index is 2.09. The predicted octanol–water partition coefficient (Wildman–Crippen LogP) is 0.156. The molecule has 1 aliphatic heterocycles. The molecule has 1 N–H and O–H groups in total. The van der Waals surface area contributed by atoms with Crippen molar-refractivity contribution in [2.75, 3.05) is 40.9 Å². The standard InChI is InChI=1S/C18H24FN3O5/c1-21(11-17(24)27-3)16(23)9-15-18(25)20-6-7-22(15)10-12-4-5-13(26-2)8-14(12)19/h4-5,8,15H,6-7,9-11H2,1-3H3,(H,20,25)/t15-/m0/s1. The van der Waals surface area contributed by atoms with Crippen molar-refractivity contribution in [3.05, 3.63) is 29.6 Å². The molecule has 1 aromatic carbocycles. The lowest BCUT2D eigenvalue weighted by Gasteiger charge is -2.35. The lowest BCUT2D eigenvalue weighted by molar-refractivity contribution is -0.147. The van der Waals surface area contributed by atoms with Crippen LogP contribution in [0.3, 0.4) is 0 Å². The molecule has 0 saturated carbocycles. The molecule has 1 aromatic rings. The first-order chi connectivity index (χ1) is 12.8. The van der Waals surface area contributed by atoms with E-state index >= 15 is 0 Å². The predicted molar refractivity (Wildman–Crippen MR) is 94.4 cm³/mol. The van der Waals surface area contributed by atoms with Gasteiger partial charge in [-0.15, -0.1) is 0 Å². The maximum Gasteiger partial charge on any atom is 0.325 e. The van der Waals surface area contributed by atoms with Crippen LogP contribution in [0.5, 0.6) is 5.75 Å². The summed E-state index contributed by atoms with van der Waals surface area (Å²) in [6.07, 6.45) is -0.114. The Morgan fingerprint density at radius 3 is 2.74 bits per heavy atom. The molecule has 0 aromatic heterocycles. The third kappa shape index (κ3) is 5.40. The Bertz CT molecular complexity index is 712. The topological polar surface area (TPSA) is 88.2 Å². The number of piperazine rings is 1. The number of amides is 2. The van der Waals surface area contributed by atoms with Crippen molar-refractivity contribution in [2.45, 2.75) is 19.0 Å². The molecule has 0 radical (unpaired) electrons. The van der Waals surface area contributed by atoms with Crippen LogP contribution in [0.1, 0.15) is 12.0 Å². The highest BCUT2D eigenvalue weighted by atomic mass is 19.1. The minimum absolute atomic E-state index is 0.114. The molecule has 8 nitrogen and oxygen atoms in total. The Kier molecular flexibility index (Phi) is 7.12. The quantitative estimate of drug-likeness (QED) is 0.677. The number of methoxy groups -OCH3 is 2. The van der Waals surface area contributed by atoms with Crippen LogP contribution in [0.2, 0.25) is 0 Å². The Hall–Kier alpha value is -2.68. The number of carbonyl (C=O) groups is 3. The first-order valence-electron chi connectivity index (χ1n) is 8.50. The minimum atomic E-state index is -0.743. The van der Waals surface area contributed by atoms with E-state index in [4.69, 9.17) is 4.74 Å². The van der Waals surface area contributed by atoms with Crippen molar-refractivity contribution in [2.24, 2.45) is 0 Å². The van der Waals surface area contributed by atoms with Gasteiger partial charge in [-0.25, -0.2) is 4.39 Å². The molecule has 1 atom stereocenters. The van der Waals surface area contributed by atoms with Crippen molar-refractivity contribution in [3.63, 3.8) is 0 Å². The largest absolute Gasteiger partial charge is 0.497 e. The molecule has 0 aliphatic carbocycles. The Labute approximate surface area is 157 Å². The zero-order chi connectivity index (χ0) is 20.0. The molecule has 0 bridgehead atoms. The molecule has 1 heterocycles. The van der Waals surface area contributed by atoms with Gasteiger partial charge in [-0.1, -0.05) is 6.07 Å². The minimum Gasteiger partial charge on any atom is -0.497 e. The first kappa shape index (κ1) is 20.6. The van der Waals surface area contributed by atoms with E-state index in [-0.39, 0.29) is 31.3 Å². The Morgan fingerprint density at radius 1 is 1.37 bits per heavy atom. The molecule has 1 saturated heterocycles. The summed E-state index contributed by atoms with van der Waals surface area (Å²) in [6, 6.07) is 3.78. The van der Waals surface area contributed by atoms with Gasteiger partial charge in [-0.2, -0.15) is 0 Å². The van der Waals surface area contributed by atoms with E-state index in [9.17, 15) is 18.8 Å². The number of likely N-dealkylation sites (N-methyl/N-ethyl adjacent to an activating group) is 1. The van der Waals surface area contributed by atoms with Crippen LogP contribution in [-0.4, -0.2) is 74.5 Å². The van der Waals surface area contributed by atoms with Crippen LogP contribution in [0.4, 0.5) is 4.39 Å². The summed E-state index contributed by atoms with van der Waals surface area (Å²) < 4.78 is 23.8. The van der Waals surface area contributed by atoms with Crippen LogP contribution in [0, 0.1) is 5.82 Å². The molecule has 2 rings (SSSR count). The van der Waals surface area contributed by atoms with Gasteiger partial charge in [-0.3, -0.25) is 19.3 Å². The van der Waals surface area contributed by atoms with Crippen LogP contribution in [0.25, 0.3) is 0 Å². The van der Waals surface area contributed by atoms with Gasteiger partial charge in [-0.05, 0) is 6.07 Å². The van der Waals surface area contributed by atoms with Gasteiger partial charge in [0, 0.05) is 38.3 Å². The Morgan fingerprint density at radius 2 is 2.11 bits per heavy atom. The lowest BCUT2D eigenvalue weighted by atomic mass is 10.1. The summed E-state index contributed by atoms with van der Waals surface area (Å²) in [4.78, 5) is 39.0. The average molecular weight is 381 g/mol. The van der Waals surface area contributed by atoms with Crippen molar-refractivity contribution < 1.29 is 28.2 Å². The van der Waals surface area contributed by atoms with E-state index in [1.54, 1.807) is 17.0 Å². The van der Waals surface area contributed by atoms with Gasteiger partial charge in [0.15, 0.2) is 0 Å². The summed E-state index contributed by atoms with van der Waals surface area (Å²) in [7, 11) is 4.16. The monoisotopic (exact) mass is 381 g/mol. The van der Waals surface area contributed by atoms with Gasteiger partial charge in [0.2, 0.25) is 11.8 Å². The molecule has 1 fully saturated rings. The van der Waals surface area contributed by atoms with Gasteiger partial charge >= 0.3 is 5.97 Å². The fraction of sp³-hybridized carbons (Fsp3) is 0.500. The molecule has 2 amide bonds. The van der Waals surface area contributed by atoms with Gasteiger partial charge in [0.05, 0.1) is 26.7 Å². The number of nitrogens with one attached hydrogen (secondary N) is 1. The molecule has 9 heteroatoms. The van der Waals surface area contributed by atoms with E-state index in [1.165, 1.54) is 32.2 Å². The smallest absolute Gasteiger partial charge is 0.325 e. The number of rotatable bonds is 7. The average Bonchev–Trinajstić information content (AvgIpc) is 2.65. The molecular formula is C18H24FN3O5. The number of carbonyl (C=O) groups excluding carboxylic acids is 3. The number of hydrogen-bond acceptors (Lipinski definition) is 6. The highest BCUT2D eigenvalue weighted by molar-refractivity contribution is 5.90. The molecule has 1 aliphatic rings. The third-order valence-electron chi connectivity index (χ3n) is 4.46. The maximum absolute atomic E-state index is 14.3. The zero-order valence-corrected chi connectivity index (χ0v) is 15.7. The van der Waals surface area contributed by atoms with Crippen LogP contribution < -0.4 is 10.1 Å². The molecule has 148 valence electrons. The van der Waals surface area contributed by atoms with Gasteiger partial charge in [0.1, 0.15) is 18.1 Å². The molecule has 0 spiro atoms. The van der Waals surface area contributed by atoms with Crippen molar-refractivity contribution in [1.82, 2.24) is 15.1 Å². The molecule has 27 heavy (non-hydrogen) atoms. The second-order valence-electron chi connectivity index (χ2n) is 6.26. The van der Waals surface area contributed by atoms with E-state index in [1.807, 2.05) is 0 Å². The second kappa shape index (κ2) is 9.31. The lowest BCUT2D eigenvalue weighted by Crippen LogP contribution is -2.56. The van der Waals surface area contributed by atoms with Crippen LogP contribution in [0.15, 0.2) is 18.2 Å². The summed E-state index contributed by atoms with van der Waals surface area (Å²) in [6.45, 7) is 0.883.